The molecule has 4 rings (SSSR count). The van der Waals surface area contributed by atoms with Gasteiger partial charge in [-0.3, -0.25) is 18.9 Å². The van der Waals surface area contributed by atoms with E-state index in [9.17, 15) is 9.59 Å². The third kappa shape index (κ3) is 5.24. The van der Waals surface area contributed by atoms with Gasteiger partial charge in [-0.25, -0.2) is 4.98 Å². The zero-order chi connectivity index (χ0) is 24.2. The first-order valence-corrected chi connectivity index (χ1v) is 12.2. The summed E-state index contributed by atoms with van der Waals surface area (Å²) in [7, 11) is 0. The van der Waals surface area contributed by atoms with Crippen molar-refractivity contribution in [1.29, 1.82) is 0 Å². The zero-order valence-electron chi connectivity index (χ0n) is 19.2. The van der Waals surface area contributed by atoms with Crippen LogP contribution < -0.4 is 10.9 Å². The third-order valence-electron chi connectivity index (χ3n) is 5.19. The summed E-state index contributed by atoms with van der Waals surface area (Å²) in [5.41, 5.74) is 1.50. The van der Waals surface area contributed by atoms with Crippen LogP contribution in [0.5, 0.6) is 0 Å². The van der Waals surface area contributed by atoms with E-state index in [2.05, 4.69) is 5.32 Å². The Morgan fingerprint density at radius 1 is 1.29 bits per heavy atom. The van der Waals surface area contributed by atoms with Gasteiger partial charge in [-0.2, -0.15) is 0 Å². The molecule has 0 atom stereocenters. The maximum absolute atomic E-state index is 13.4. The summed E-state index contributed by atoms with van der Waals surface area (Å²) in [6, 6.07) is 7.25. The molecule has 0 aromatic carbocycles. The largest absolute Gasteiger partial charge is 0.467 e. The Bertz CT molecular complexity index is 1300. The lowest BCUT2D eigenvalue weighted by molar-refractivity contribution is -0.122. The Balaban J connectivity index is 1.66. The van der Waals surface area contributed by atoms with Crippen LogP contribution in [0, 0.1) is 6.92 Å². The van der Waals surface area contributed by atoms with Gasteiger partial charge in [-0.15, -0.1) is 0 Å². The fourth-order valence-corrected chi connectivity index (χ4v) is 4.74. The lowest BCUT2D eigenvalue weighted by Crippen LogP contribution is -2.27. The highest BCUT2D eigenvalue weighted by atomic mass is 32.2. The molecule has 8 nitrogen and oxygen atoms in total. The van der Waals surface area contributed by atoms with Gasteiger partial charge in [-0.05, 0) is 57.0 Å². The summed E-state index contributed by atoms with van der Waals surface area (Å²) in [5.74, 6) is 0.794. The predicted molar refractivity (Wildman–Crippen MR) is 138 cm³/mol. The predicted octanol–water partition coefficient (Wildman–Crippen LogP) is 4.22. The van der Waals surface area contributed by atoms with Gasteiger partial charge in [-0.1, -0.05) is 30.0 Å². The summed E-state index contributed by atoms with van der Waals surface area (Å²) >= 11 is 6.58. The molecule has 1 saturated heterocycles. The number of pyridine rings is 1. The van der Waals surface area contributed by atoms with E-state index in [4.69, 9.17) is 26.4 Å². The van der Waals surface area contributed by atoms with Crippen molar-refractivity contribution >= 4 is 51.7 Å². The molecule has 1 aliphatic heterocycles. The number of thioether (sulfide) groups is 1. The first-order chi connectivity index (χ1) is 16.3. The monoisotopic (exact) mass is 498 g/mol. The Kier molecular flexibility index (Phi) is 7.50. The van der Waals surface area contributed by atoms with Crippen LogP contribution in [0.15, 0.2) is 50.8 Å². The molecular formula is C24H26N4O4S2. The van der Waals surface area contributed by atoms with Crippen molar-refractivity contribution in [3.05, 3.63) is 68.9 Å². The van der Waals surface area contributed by atoms with Gasteiger partial charge < -0.3 is 14.5 Å². The number of carbonyl (C=O) groups excluding carboxylic acids is 1. The molecule has 1 amide bonds. The number of ether oxygens (including phenoxy) is 1. The molecule has 3 aromatic heterocycles. The molecule has 0 aliphatic carbocycles. The molecule has 0 unspecified atom stereocenters. The fraction of sp³-hybridized carbons (Fsp3) is 0.333. The van der Waals surface area contributed by atoms with E-state index in [-0.39, 0.29) is 24.1 Å². The van der Waals surface area contributed by atoms with Gasteiger partial charge >= 0.3 is 0 Å². The summed E-state index contributed by atoms with van der Waals surface area (Å²) in [6.45, 7) is 7.29. The van der Waals surface area contributed by atoms with E-state index >= 15 is 0 Å². The zero-order valence-corrected chi connectivity index (χ0v) is 20.9. The van der Waals surface area contributed by atoms with Crippen LogP contribution in [-0.4, -0.2) is 43.8 Å². The average molecular weight is 499 g/mol. The highest BCUT2D eigenvalue weighted by Gasteiger charge is 2.33. The molecule has 34 heavy (non-hydrogen) atoms. The molecule has 0 radical (unpaired) electrons. The number of amides is 1. The van der Waals surface area contributed by atoms with Crippen LogP contribution in [-0.2, 0) is 16.1 Å². The molecule has 0 saturated carbocycles. The molecule has 4 heterocycles. The molecular weight excluding hydrogens is 472 g/mol. The minimum Gasteiger partial charge on any atom is -0.467 e. The van der Waals surface area contributed by atoms with Crippen molar-refractivity contribution in [2.75, 3.05) is 18.5 Å². The molecule has 1 N–H and O–H groups in total. The first-order valence-electron chi connectivity index (χ1n) is 11.0. The standard InChI is InChI=1S/C24H26N4O4S2/c1-15(2)31-12-6-9-25-20-18(22(29)27-10-4-7-16(3)21(27)26-20)13-19-23(30)28(24(33)34-19)14-17-8-5-11-32-17/h4-5,7-8,10-11,13,15,25H,6,9,12,14H2,1-3H3/b19-13-. The Morgan fingerprint density at radius 2 is 2.12 bits per heavy atom. The van der Waals surface area contributed by atoms with Crippen molar-refractivity contribution in [3.63, 3.8) is 0 Å². The van der Waals surface area contributed by atoms with E-state index < -0.39 is 0 Å². The number of aryl methyl sites for hydroxylation is 1. The van der Waals surface area contributed by atoms with Crippen LogP contribution in [0.25, 0.3) is 11.7 Å². The number of nitrogens with one attached hydrogen (secondary N) is 1. The highest BCUT2D eigenvalue weighted by Crippen LogP contribution is 2.34. The number of rotatable bonds is 9. The quantitative estimate of drug-likeness (QED) is 0.266. The van der Waals surface area contributed by atoms with Crippen molar-refractivity contribution in [3.8, 4) is 0 Å². The number of hydrogen-bond donors (Lipinski definition) is 1. The molecule has 0 spiro atoms. The smallest absolute Gasteiger partial charge is 0.267 e. The minimum absolute atomic E-state index is 0.157. The Morgan fingerprint density at radius 3 is 2.85 bits per heavy atom. The van der Waals surface area contributed by atoms with Crippen LogP contribution in [0.2, 0.25) is 0 Å². The number of thiocarbonyl (C=S) groups is 1. The van der Waals surface area contributed by atoms with Crippen LogP contribution in [0.3, 0.4) is 0 Å². The first kappa shape index (κ1) is 24.2. The van der Waals surface area contributed by atoms with Gasteiger partial charge in [0.1, 0.15) is 21.5 Å². The number of aromatic nitrogens is 2. The highest BCUT2D eigenvalue weighted by molar-refractivity contribution is 8.26. The third-order valence-corrected chi connectivity index (χ3v) is 6.57. The summed E-state index contributed by atoms with van der Waals surface area (Å²) in [4.78, 5) is 33.1. The minimum atomic E-state index is -0.267. The van der Waals surface area contributed by atoms with Gasteiger partial charge in [0.15, 0.2) is 0 Å². The van der Waals surface area contributed by atoms with Gasteiger partial charge in [0, 0.05) is 19.3 Å². The van der Waals surface area contributed by atoms with Gasteiger partial charge in [0.05, 0.1) is 29.4 Å². The van der Waals surface area contributed by atoms with Crippen LogP contribution >= 0.6 is 24.0 Å². The van der Waals surface area contributed by atoms with Crippen molar-refractivity contribution in [2.24, 2.45) is 0 Å². The number of furan rings is 1. The van der Waals surface area contributed by atoms with Crippen molar-refractivity contribution in [1.82, 2.24) is 14.3 Å². The van der Waals surface area contributed by atoms with Crippen LogP contribution in [0.4, 0.5) is 5.82 Å². The molecule has 3 aromatic rings. The van der Waals surface area contributed by atoms with Gasteiger partial charge in [0.2, 0.25) is 0 Å². The second kappa shape index (κ2) is 10.5. The van der Waals surface area contributed by atoms with E-state index in [0.29, 0.717) is 45.2 Å². The second-order valence-corrected chi connectivity index (χ2v) is 9.79. The average Bonchev–Trinajstić information content (AvgIpc) is 3.40. The number of carbonyl (C=O) groups is 1. The summed E-state index contributed by atoms with van der Waals surface area (Å²) in [6.07, 6.45) is 5.72. The summed E-state index contributed by atoms with van der Waals surface area (Å²) < 4.78 is 12.9. The van der Waals surface area contributed by atoms with Crippen molar-refractivity contribution in [2.45, 2.75) is 39.8 Å². The van der Waals surface area contributed by atoms with Crippen molar-refractivity contribution < 1.29 is 13.9 Å². The number of anilines is 1. The number of nitrogens with zero attached hydrogens (tertiary/aromatic N) is 3. The lowest BCUT2D eigenvalue weighted by Gasteiger charge is -2.13. The van der Waals surface area contributed by atoms with Crippen LogP contribution in [0.1, 0.15) is 37.2 Å². The van der Waals surface area contributed by atoms with Gasteiger partial charge in [0.25, 0.3) is 11.5 Å². The fourth-order valence-electron chi connectivity index (χ4n) is 3.50. The lowest BCUT2D eigenvalue weighted by atomic mass is 10.2. The van der Waals surface area contributed by atoms with E-state index in [1.807, 2.05) is 26.8 Å². The van der Waals surface area contributed by atoms with E-state index in [1.54, 1.807) is 36.7 Å². The number of fused-ring (bicyclic) bond motifs is 1. The molecule has 178 valence electrons. The Hall–Kier alpha value is -2.95. The second-order valence-electron chi connectivity index (χ2n) is 8.11. The number of hydrogen-bond acceptors (Lipinski definition) is 8. The normalized spacial score (nSPS) is 15.3. The maximum Gasteiger partial charge on any atom is 0.267 e. The van der Waals surface area contributed by atoms with E-state index in [1.165, 1.54) is 9.30 Å². The molecule has 1 aliphatic rings. The maximum atomic E-state index is 13.4. The SMILES string of the molecule is Cc1cccn2c(=O)c(/C=C3\SC(=S)N(Cc4ccco4)C3=O)c(NCCCOC(C)C)nc12. The molecule has 10 heteroatoms. The Labute approximate surface area is 207 Å². The van der Waals surface area contributed by atoms with E-state index in [0.717, 1.165) is 23.7 Å². The molecule has 0 bridgehead atoms. The molecule has 1 fully saturated rings. The topological polar surface area (TPSA) is 89.1 Å². The summed E-state index contributed by atoms with van der Waals surface area (Å²) in [5, 5.41) is 3.26.